The van der Waals surface area contributed by atoms with Crippen molar-refractivity contribution in [3.8, 4) is 0 Å². The summed E-state index contributed by atoms with van der Waals surface area (Å²) in [5.41, 5.74) is 0.534. The van der Waals surface area contributed by atoms with Crippen LogP contribution in [0.3, 0.4) is 0 Å². The van der Waals surface area contributed by atoms with Gasteiger partial charge in [-0.3, -0.25) is 15.1 Å². The summed E-state index contributed by atoms with van der Waals surface area (Å²) in [6.07, 6.45) is 1.38. The third kappa shape index (κ3) is 8.20. The van der Waals surface area contributed by atoms with Gasteiger partial charge in [0.15, 0.2) is 5.96 Å². The summed E-state index contributed by atoms with van der Waals surface area (Å²) >= 11 is 0. The zero-order valence-electron chi connectivity index (χ0n) is 17.4. The number of carbonyl (C=O) groups excluding carboxylic acids is 1. The van der Waals surface area contributed by atoms with Crippen LogP contribution in [0.4, 0.5) is 16.2 Å². The third-order valence-electron chi connectivity index (χ3n) is 4.50. The number of aliphatic imine (C=N–C) groups is 1. The van der Waals surface area contributed by atoms with E-state index >= 15 is 0 Å². The number of amides is 1. The average molecular weight is 534 g/mol. The first-order valence-corrected chi connectivity index (χ1v) is 9.99. The van der Waals surface area contributed by atoms with Crippen molar-refractivity contribution in [2.24, 2.45) is 4.99 Å². The molecule has 2 rings (SSSR count). The number of hydrogen-bond donors (Lipinski definition) is 3. The van der Waals surface area contributed by atoms with Crippen LogP contribution in [-0.2, 0) is 4.74 Å². The van der Waals surface area contributed by atoms with Gasteiger partial charge in [0.25, 0.3) is 5.69 Å². The molecule has 3 N–H and O–H groups in total. The first-order chi connectivity index (χ1) is 14.0. The molecule has 168 valence electrons. The molecule has 0 radical (unpaired) electrons. The summed E-state index contributed by atoms with van der Waals surface area (Å²) in [5, 5.41) is 20.7. The van der Waals surface area contributed by atoms with E-state index in [-0.39, 0.29) is 41.8 Å². The first kappa shape index (κ1) is 25.7. The number of ether oxygens (including phenoxy) is 1. The van der Waals surface area contributed by atoms with Gasteiger partial charge in [0.1, 0.15) is 5.69 Å². The fourth-order valence-corrected chi connectivity index (χ4v) is 3.08. The number of halogens is 1. The lowest BCUT2D eigenvalue weighted by atomic mass is 10.1. The van der Waals surface area contributed by atoms with Gasteiger partial charge in [-0.2, -0.15) is 0 Å². The Kier molecular flexibility index (Phi) is 11.9. The van der Waals surface area contributed by atoms with Crippen molar-refractivity contribution in [2.75, 3.05) is 44.6 Å². The number of nitro benzene ring substituents is 1. The number of likely N-dealkylation sites (tertiary alicyclic amines) is 1. The zero-order valence-corrected chi connectivity index (χ0v) is 19.8. The molecule has 0 saturated carbocycles. The summed E-state index contributed by atoms with van der Waals surface area (Å²) in [6, 6.07) is 6.78. The summed E-state index contributed by atoms with van der Waals surface area (Å²) < 4.78 is 5.04. The molecular weight excluding hydrogens is 503 g/mol. The van der Waals surface area contributed by atoms with E-state index in [4.69, 9.17) is 4.74 Å². The Labute approximate surface area is 194 Å². The van der Waals surface area contributed by atoms with Gasteiger partial charge in [0, 0.05) is 38.3 Å². The van der Waals surface area contributed by atoms with E-state index in [1.54, 1.807) is 30.0 Å². The molecule has 0 spiro atoms. The number of hydrogen-bond acceptors (Lipinski definition) is 6. The summed E-state index contributed by atoms with van der Waals surface area (Å²) in [7, 11) is 0. The Morgan fingerprint density at radius 3 is 2.63 bits per heavy atom. The molecule has 30 heavy (non-hydrogen) atoms. The maximum absolute atomic E-state index is 11.8. The number of nitro groups is 1. The largest absolute Gasteiger partial charge is 0.450 e. The van der Waals surface area contributed by atoms with Crippen molar-refractivity contribution in [3.63, 3.8) is 0 Å². The predicted molar refractivity (Wildman–Crippen MR) is 128 cm³/mol. The van der Waals surface area contributed by atoms with Gasteiger partial charge in [0.2, 0.25) is 0 Å². The second-order valence-electron chi connectivity index (χ2n) is 6.57. The van der Waals surface area contributed by atoms with Gasteiger partial charge in [-0.1, -0.05) is 12.1 Å². The van der Waals surface area contributed by atoms with Gasteiger partial charge < -0.3 is 25.6 Å². The minimum atomic E-state index is -0.403. The summed E-state index contributed by atoms with van der Waals surface area (Å²) in [4.78, 5) is 28.7. The molecule has 0 aromatic heterocycles. The van der Waals surface area contributed by atoms with E-state index in [2.05, 4.69) is 20.9 Å². The van der Waals surface area contributed by atoms with Gasteiger partial charge in [0.05, 0.1) is 18.1 Å². The standard InChI is InChI=1S/C19H30N6O4.HI/c1-3-20-18(23-15-9-13-24(14-10-15)19(26)29-4-2)22-12-11-21-16-7-5-6-8-17(16)25(27)28;/h5-8,15,21H,3-4,9-14H2,1-2H3,(H2,20,22,23);1H. The minimum Gasteiger partial charge on any atom is -0.450 e. The molecule has 0 aliphatic carbocycles. The lowest BCUT2D eigenvalue weighted by molar-refractivity contribution is -0.384. The van der Waals surface area contributed by atoms with Crippen molar-refractivity contribution in [3.05, 3.63) is 34.4 Å². The lowest BCUT2D eigenvalue weighted by Gasteiger charge is -2.32. The number of para-hydroxylation sites is 2. The molecule has 11 heteroatoms. The molecule has 1 aliphatic rings. The normalized spacial score (nSPS) is 14.5. The van der Waals surface area contributed by atoms with Crippen LogP contribution in [0, 0.1) is 10.1 Å². The monoisotopic (exact) mass is 534 g/mol. The Morgan fingerprint density at radius 2 is 2.00 bits per heavy atom. The van der Waals surface area contributed by atoms with Crippen LogP contribution >= 0.6 is 24.0 Å². The van der Waals surface area contributed by atoms with Crippen molar-refractivity contribution >= 4 is 47.4 Å². The highest BCUT2D eigenvalue weighted by molar-refractivity contribution is 14.0. The van der Waals surface area contributed by atoms with Crippen LogP contribution < -0.4 is 16.0 Å². The van der Waals surface area contributed by atoms with E-state index in [0.29, 0.717) is 44.4 Å². The summed E-state index contributed by atoms with van der Waals surface area (Å²) in [5.74, 6) is 0.700. The number of piperidine rings is 1. The number of carbonyl (C=O) groups is 1. The fourth-order valence-electron chi connectivity index (χ4n) is 3.08. The molecule has 0 bridgehead atoms. The molecular formula is C19H31IN6O4. The molecule has 1 aromatic carbocycles. The topological polar surface area (TPSA) is 121 Å². The van der Waals surface area contributed by atoms with Crippen molar-refractivity contribution in [1.29, 1.82) is 0 Å². The van der Waals surface area contributed by atoms with E-state index < -0.39 is 4.92 Å². The molecule has 0 atom stereocenters. The lowest BCUT2D eigenvalue weighted by Crippen LogP contribution is -2.50. The second kappa shape index (κ2) is 13.8. The highest BCUT2D eigenvalue weighted by Gasteiger charge is 2.24. The van der Waals surface area contributed by atoms with Gasteiger partial charge in [-0.25, -0.2) is 4.79 Å². The maximum atomic E-state index is 11.8. The highest BCUT2D eigenvalue weighted by Crippen LogP contribution is 2.22. The molecule has 1 fully saturated rings. The molecule has 1 heterocycles. The molecule has 0 unspecified atom stereocenters. The zero-order chi connectivity index (χ0) is 21.1. The highest BCUT2D eigenvalue weighted by atomic mass is 127. The van der Waals surface area contributed by atoms with E-state index in [1.165, 1.54) is 6.07 Å². The maximum Gasteiger partial charge on any atom is 0.409 e. The molecule has 1 amide bonds. The van der Waals surface area contributed by atoms with Gasteiger partial charge in [-0.05, 0) is 32.8 Å². The van der Waals surface area contributed by atoms with Crippen LogP contribution in [0.1, 0.15) is 26.7 Å². The molecule has 10 nitrogen and oxygen atoms in total. The number of benzene rings is 1. The minimum absolute atomic E-state index is 0. The number of anilines is 1. The number of guanidine groups is 1. The Hall–Kier alpha value is -2.31. The fraction of sp³-hybridized carbons (Fsp3) is 0.579. The predicted octanol–water partition coefficient (Wildman–Crippen LogP) is 2.80. The van der Waals surface area contributed by atoms with E-state index in [9.17, 15) is 14.9 Å². The number of rotatable bonds is 8. The number of nitrogens with one attached hydrogen (secondary N) is 3. The van der Waals surface area contributed by atoms with E-state index in [1.807, 2.05) is 6.92 Å². The Bertz CT molecular complexity index is 710. The molecule has 1 aromatic rings. The van der Waals surface area contributed by atoms with Crippen LogP contribution in [-0.4, -0.2) is 67.2 Å². The number of nitrogens with zero attached hydrogens (tertiary/aromatic N) is 3. The van der Waals surface area contributed by atoms with Crippen molar-refractivity contribution < 1.29 is 14.5 Å². The average Bonchev–Trinajstić information content (AvgIpc) is 2.72. The Morgan fingerprint density at radius 1 is 1.30 bits per heavy atom. The molecule has 1 aliphatic heterocycles. The van der Waals surface area contributed by atoms with E-state index in [0.717, 1.165) is 19.4 Å². The first-order valence-electron chi connectivity index (χ1n) is 9.99. The third-order valence-corrected chi connectivity index (χ3v) is 4.50. The van der Waals surface area contributed by atoms with Crippen LogP contribution in [0.5, 0.6) is 0 Å². The van der Waals surface area contributed by atoms with Crippen LogP contribution in [0.25, 0.3) is 0 Å². The van der Waals surface area contributed by atoms with Crippen molar-refractivity contribution in [2.45, 2.75) is 32.7 Å². The smallest absolute Gasteiger partial charge is 0.409 e. The summed E-state index contributed by atoms with van der Waals surface area (Å²) in [6.45, 7) is 7.14. The van der Waals surface area contributed by atoms with Crippen LogP contribution in [0.2, 0.25) is 0 Å². The van der Waals surface area contributed by atoms with Gasteiger partial charge >= 0.3 is 6.09 Å². The van der Waals surface area contributed by atoms with Gasteiger partial charge in [-0.15, -0.1) is 24.0 Å². The van der Waals surface area contributed by atoms with Crippen molar-refractivity contribution in [1.82, 2.24) is 15.5 Å². The molecule has 1 saturated heterocycles. The van der Waals surface area contributed by atoms with Crippen LogP contribution in [0.15, 0.2) is 29.3 Å². The Balaban J connectivity index is 0.00000450. The quantitative estimate of drug-likeness (QED) is 0.117. The second-order valence-corrected chi connectivity index (χ2v) is 6.57. The SMILES string of the molecule is CCNC(=NCCNc1ccccc1[N+](=O)[O-])NC1CCN(C(=O)OCC)CC1.I.